The van der Waals surface area contributed by atoms with E-state index >= 15 is 0 Å². The molecule has 2 atom stereocenters. The molecule has 0 aliphatic rings. The van der Waals surface area contributed by atoms with Crippen molar-refractivity contribution < 1.29 is 14.7 Å². The Morgan fingerprint density at radius 3 is 2.19 bits per heavy atom. The first-order chi connectivity index (χ1) is 7.43. The molecule has 0 heterocycles. The maximum absolute atomic E-state index is 12.0. The van der Waals surface area contributed by atoms with Crippen molar-refractivity contribution >= 4 is 11.9 Å². The van der Waals surface area contributed by atoms with E-state index in [1.807, 2.05) is 20.8 Å². The molecule has 0 aliphatic carbocycles. The van der Waals surface area contributed by atoms with Crippen LogP contribution in [0.2, 0.25) is 0 Å². The van der Waals surface area contributed by atoms with Crippen LogP contribution in [0.4, 0.5) is 0 Å². The summed E-state index contributed by atoms with van der Waals surface area (Å²) in [6.07, 6.45) is 1.84. The van der Waals surface area contributed by atoms with Crippen molar-refractivity contribution in [1.29, 1.82) is 0 Å². The molecule has 0 aromatic carbocycles. The van der Waals surface area contributed by atoms with Gasteiger partial charge in [-0.15, -0.1) is 0 Å². The molecule has 0 radical (unpaired) electrons. The summed E-state index contributed by atoms with van der Waals surface area (Å²) in [5, 5.41) is 8.71. The maximum Gasteiger partial charge on any atom is 0.305 e. The number of nitrogens with zero attached hydrogens (tertiary/aromatic N) is 1. The van der Waals surface area contributed by atoms with E-state index in [1.54, 1.807) is 11.8 Å². The van der Waals surface area contributed by atoms with E-state index < -0.39 is 5.97 Å². The third-order valence-corrected chi connectivity index (χ3v) is 2.77. The molecule has 0 aromatic heterocycles. The molecule has 0 spiro atoms. The number of carbonyl (C=O) groups is 2. The van der Waals surface area contributed by atoms with Crippen molar-refractivity contribution in [2.75, 3.05) is 6.54 Å². The third-order valence-electron chi connectivity index (χ3n) is 2.77. The average Bonchev–Trinajstić information content (AvgIpc) is 2.17. The van der Waals surface area contributed by atoms with Crippen LogP contribution in [0.3, 0.4) is 0 Å². The highest BCUT2D eigenvalue weighted by Crippen LogP contribution is 2.13. The fourth-order valence-electron chi connectivity index (χ4n) is 1.89. The van der Waals surface area contributed by atoms with Gasteiger partial charge in [-0.1, -0.05) is 20.3 Å². The quantitative estimate of drug-likeness (QED) is 0.727. The molecule has 2 unspecified atom stereocenters. The fourth-order valence-corrected chi connectivity index (χ4v) is 1.89. The number of amides is 1. The smallest absolute Gasteiger partial charge is 0.305 e. The Kier molecular flexibility index (Phi) is 6.77. The lowest BCUT2D eigenvalue weighted by atomic mass is 10.0. The van der Waals surface area contributed by atoms with Gasteiger partial charge in [0.25, 0.3) is 0 Å². The summed E-state index contributed by atoms with van der Waals surface area (Å²) in [4.78, 5) is 24.3. The average molecular weight is 229 g/mol. The van der Waals surface area contributed by atoms with Crippen molar-refractivity contribution in [3.05, 3.63) is 0 Å². The monoisotopic (exact) mass is 229 g/mol. The first-order valence-electron chi connectivity index (χ1n) is 5.96. The molecule has 0 aliphatic heterocycles. The predicted molar refractivity (Wildman–Crippen MR) is 63.2 cm³/mol. The van der Waals surface area contributed by atoms with E-state index in [2.05, 4.69) is 0 Å². The Morgan fingerprint density at radius 1 is 1.25 bits per heavy atom. The molecule has 16 heavy (non-hydrogen) atoms. The zero-order valence-electron chi connectivity index (χ0n) is 10.7. The van der Waals surface area contributed by atoms with Gasteiger partial charge in [0.1, 0.15) is 0 Å². The molecule has 0 saturated carbocycles. The minimum Gasteiger partial charge on any atom is -0.481 e. The number of hydrogen-bond acceptors (Lipinski definition) is 2. The van der Waals surface area contributed by atoms with Crippen molar-refractivity contribution in [2.45, 2.75) is 53.0 Å². The molecule has 0 saturated heterocycles. The SMILES string of the molecule is CCCC(C)C(=O)N(CC)C(C)CC(=O)O. The second-order valence-electron chi connectivity index (χ2n) is 4.26. The van der Waals surface area contributed by atoms with Crippen molar-refractivity contribution in [3.8, 4) is 0 Å². The third kappa shape index (κ3) is 4.64. The van der Waals surface area contributed by atoms with E-state index in [-0.39, 0.29) is 24.3 Å². The summed E-state index contributed by atoms with van der Waals surface area (Å²) in [6.45, 7) is 8.19. The van der Waals surface area contributed by atoms with Crippen LogP contribution in [-0.4, -0.2) is 34.5 Å². The summed E-state index contributed by atoms with van der Waals surface area (Å²) in [7, 11) is 0. The largest absolute Gasteiger partial charge is 0.481 e. The fraction of sp³-hybridized carbons (Fsp3) is 0.833. The molecule has 0 rings (SSSR count). The molecule has 1 N–H and O–H groups in total. The lowest BCUT2D eigenvalue weighted by Gasteiger charge is -2.29. The second-order valence-corrected chi connectivity index (χ2v) is 4.26. The van der Waals surface area contributed by atoms with Gasteiger partial charge in [-0.3, -0.25) is 9.59 Å². The van der Waals surface area contributed by atoms with Crippen LogP contribution in [0.15, 0.2) is 0 Å². The Morgan fingerprint density at radius 2 is 1.81 bits per heavy atom. The van der Waals surface area contributed by atoms with Crippen LogP contribution in [0.25, 0.3) is 0 Å². The van der Waals surface area contributed by atoms with Crippen LogP contribution >= 0.6 is 0 Å². The van der Waals surface area contributed by atoms with Crippen molar-refractivity contribution in [2.24, 2.45) is 5.92 Å². The minimum absolute atomic E-state index is 0.0123. The normalized spacial score (nSPS) is 14.2. The lowest BCUT2D eigenvalue weighted by Crippen LogP contribution is -2.42. The predicted octanol–water partition coefficient (Wildman–Crippen LogP) is 2.13. The van der Waals surface area contributed by atoms with E-state index in [0.717, 1.165) is 12.8 Å². The van der Waals surface area contributed by atoms with Crippen molar-refractivity contribution in [1.82, 2.24) is 4.90 Å². The van der Waals surface area contributed by atoms with E-state index in [1.165, 1.54) is 0 Å². The van der Waals surface area contributed by atoms with Crippen LogP contribution < -0.4 is 0 Å². The zero-order chi connectivity index (χ0) is 12.7. The maximum atomic E-state index is 12.0. The van der Waals surface area contributed by atoms with E-state index in [9.17, 15) is 9.59 Å². The van der Waals surface area contributed by atoms with Gasteiger partial charge in [0.2, 0.25) is 5.91 Å². The Bertz CT molecular complexity index is 240. The summed E-state index contributed by atoms with van der Waals surface area (Å²) < 4.78 is 0. The molecule has 94 valence electrons. The number of rotatable bonds is 7. The standard InChI is InChI=1S/C12H23NO3/c1-5-7-9(3)12(16)13(6-2)10(4)8-11(14)15/h9-10H,5-8H2,1-4H3,(H,14,15). The number of carbonyl (C=O) groups excluding carboxylic acids is 1. The first kappa shape index (κ1) is 14.9. The highest BCUT2D eigenvalue weighted by Gasteiger charge is 2.24. The number of carboxylic acids is 1. The van der Waals surface area contributed by atoms with Crippen LogP contribution in [0.5, 0.6) is 0 Å². The minimum atomic E-state index is -0.859. The summed E-state index contributed by atoms with van der Waals surface area (Å²) >= 11 is 0. The first-order valence-corrected chi connectivity index (χ1v) is 5.96. The van der Waals surface area contributed by atoms with Crippen molar-refractivity contribution in [3.63, 3.8) is 0 Å². The molecule has 0 aromatic rings. The summed E-state index contributed by atoms with van der Waals surface area (Å²) in [5.74, 6) is -0.804. The molecular weight excluding hydrogens is 206 g/mol. The molecule has 1 amide bonds. The Balaban J connectivity index is 4.46. The van der Waals surface area contributed by atoms with Gasteiger partial charge in [0.15, 0.2) is 0 Å². The molecule has 0 fully saturated rings. The van der Waals surface area contributed by atoms with E-state index in [0.29, 0.717) is 6.54 Å². The molecule has 4 heteroatoms. The number of carboxylic acid groups (broad SMARTS) is 1. The van der Waals surface area contributed by atoms with Crippen LogP contribution in [-0.2, 0) is 9.59 Å². The van der Waals surface area contributed by atoms with Gasteiger partial charge in [0.05, 0.1) is 6.42 Å². The van der Waals surface area contributed by atoms with Gasteiger partial charge in [0, 0.05) is 18.5 Å². The zero-order valence-corrected chi connectivity index (χ0v) is 10.7. The van der Waals surface area contributed by atoms with E-state index in [4.69, 9.17) is 5.11 Å². The van der Waals surface area contributed by atoms with Gasteiger partial charge in [-0.05, 0) is 20.3 Å². The topological polar surface area (TPSA) is 57.6 Å². The highest BCUT2D eigenvalue weighted by molar-refractivity contribution is 5.79. The molecule has 0 bridgehead atoms. The summed E-state index contributed by atoms with van der Waals surface area (Å²) in [6, 6.07) is -0.227. The van der Waals surface area contributed by atoms with Crippen LogP contribution in [0, 0.1) is 5.92 Å². The Labute approximate surface area is 97.6 Å². The lowest BCUT2D eigenvalue weighted by molar-refractivity contribution is -0.141. The number of hydrogen-bond donors (Lipinski definition) is 1. The summed E-state index contributed by atoms with van der Waals surface area (Å²) in [5.41, 5.74) is 0. The van der Waals surface area contributed by atoms with Gasteiger partial charge >= 0.3 is 5.97 Å². The van der Waals surface area contributed by atoms with Gasteiger partial charge in [-0.25, -0.2) is 0 Å². The molecular formula is C12H23NO3. The highest BCUT2D eigenvalue weighted by atomic mass is 16.4. The number of aliphatic carboxylic acids is 1. The van der Waals surface area contributed by atoms with Gasteiger partial charge < -0.3 is 10.0 Å². The second kappa shape index (κ2) is 7.25. The van der Waals surface area contributed by atoms with Crippen LogP contribution in [0.1, 0.15) is 47.0 Å². The molecule has 4 nitrogen and oxygen atoms in total. The Hall–Kier alpha value is -1.06. The van der Waals surface area contributed by atoms with Gasteiger partial charge in [-0.2, -0.15) is 0 Å².